The summed E-state index contributed by atoms with van der Waals surface area (Å²) in [5.41, 5.74) is 2.36. The molecule has 0 fully saturated rings. The highest BCUT2D eigenvalue weighted by atomic mass is 79.9. The van der Waals surface area contributed by atoms with Crippen molar-refractivity contribution in [2.75, 3.05) is 5.32 Å². The molecule has 5 nitrogen and oxygen atoms in total. The van der Waals surface area contributed by atoms with E-state index in [1.54, 1.807) is 17.3 Å². The van der Waals surface area contributed by atoms with Gasteiger partial charge >= 0.3 is 6.03 Å². The number of hydrogen-bond acceptors (Lipinski definition) is 3. The minimum atomic E-state index is -0.205. The molecule has 0 radical (unpaired) electrons. The van der Waals surface area contributed by atoms with E-state index in [2.05, 4.69) is 31.2 Å². The van der Waals surface area contributed by atoms with Gasteiger partial charge in [-0.25, -0.2) is 4.79 Å². The van der Waals surface area contributed by atoms with Crippen LogP contribution in [0, 0.1) is 0 Å². The number of halogens is 1. The van der Waals surface area contributed by atoms with Gasteiger partial charge in [-0.3, -0.25) is 9.97 Å². The lowest BCUT2D eigenvalue weighted by atomic mass is 10.3. The Morgan fingerprint density at radius 2 is 1.44 bits per heavy atom. The smallest absolute Gasteiger partial charge is 0.313 e. The van der Waals surface area contributed by atoms with E-state index in [4.69, 9.17) is 0 Å². The summed E-state index contributed by atoms with van der Waals surface area (Å²) in [5.74, 6) is 0. The second-order valence-electron chi connectivity index (χ2n) is 5.41. The number of amides is 2. The normalized spacial score (nSPS) is 10.3. The quantitative estimate of drug-likeness (QED) is 0.691. The minimum absolute atomic E-state index is 0.205. The minimum Gasteiger partial charge on any atom is -0.313 e. The Balaban J connectivity index is 1.79. The molecule has 126 valence electrons. The van der Waals surface area contributed by atoms with Crippen molar-refractivity contribution in [1.82, 2.24) is 14.9 Å². The van der Waals surface area contributed by atoms with Gasteiger partial charge in [0, 0.05) is 16.9 Å². The first-order chi connectivity index (χ1) is 12.2. The number of carbonyl (C=O) groups excluding carboxylic acids is 1. The van der Waals surface area contributed by atoms with Gasteiger partial charge in [0.25, 0.3) is 0 Å². The predicted molar refractivity (Wildman–Crippen MR) is 101 cm³/mol. The molecule has 0 aliphatic carbocycles. The van der Waals surface area contributed by atoms with Gasteiger partial charge in [-0.05, 0) is 52.3 Å². The van der Waals surface area contributed by atoms with E-state index in [1.165, 1.54) is 0 Å². The summed E-state index contributed by atoms with van der Waals surface area (Å²) in [6.07, 6.45) is 3.44. The summed E-state index contributed by atoms with van der Waals surface area (Å²) in [6, 6.07) is 18.6. The number of nitrogens with one attached hydrogen (secondary N) is 1. The van der Waals surface area contributed by atoms with Crippen molar-refractivity contribution in [2.45, 2.75) is 13.1 Å². The first kappa shape index (κ1) is 17.1. The molecule has 3 aromatic rings. The lowest BCUT2D eigenvalue weighted by Crippen LogP contribution is -2.34. The van der Waals surface area contributed by atoms with Crippen molar-refractivity contribution in [1.29, 1.82) is 0 Å². The van der Waals surface area contributed by atoms with E-state index in [0.29, 0.717) is 13.1 Å². The monoisotopic (exact) mass is 396 g/mol. The molecule has 2 heterocycles. The third-order valence-electron chi connectivity index (χ3n) is 3.56. The van der Waals surface area contributed by atoms with Gasteiger partial charge in [-0.1, -0.05) is 24.3 Å². The average Bonchev–Trinajstić information content (AvgIpc) is 2.65. The fourth-order valence-electron chi connectivity index (χ4n) is 2.33. The molecular weight excluding hydrogens is 380 g/mol. The SMILES string of the molecule is O=C(Nc1ccccc1Br)N(Cc1ccccn1)Cc1ccccn1. The third kappa shape index (κ3) is 4.87. The Morgan fingerprint density at radius 3 is 1.96 bits per heavy atom. The molecule has 1 aromatic carbocycles. The number of aromatic nitrogens is 2. The Labute approximate surface area is 154 Å². The van der Waals surface area contributed by atoms with E-state index in [0.717, 1.165) is 21.5 Å². The number of benzene rings is 1. The van der Waals surface area contributed by atoms with Crippen LogP contribution in [0.3, 0.4) is 0 Å². The Morgan fingerprint density at radius 1 is 0.880 bits per heavy atom. The number of para-hydroxylation sites is 1. The maximum Gasteiger partial charge on any atom is 0.322 e. The number of rotatable bonds is 5. The maximum absolute atomic E-state index is 12.8. The largest absolute Gasteiger partial charge is 0.322 e. The van der Waals surface area contributed by atoms with Crippen molar-refractivity contribution in [3.05, 3.63) is 88.9 Å². The Kier molecular flexibility index (Phi) is 5.74. The highest BCUT2D eigenvalue weighted by Crippen LogP contribution is 2.22. The van der Waals surface area contributed by atoms with Crippen molar-refractivity contribution in [3.8, 4) is 0 Å². The second-order valence-corrected chi connectivity index (χ2v) is 6.26. The van der Waals surface area contributed by atoms with Crippen LogP contribution in [0.2, 0.25) is 0 Å². The summed E-state index contributed by atoms with van der Waals surface area (Å²) in [4.78, 5) is 23.1. The van der Waals surface area contributed by atoms with Crippen LogP contribution in [-0.2, 0) is 13.1 Å². The number of hydrogen-bond donors (Lipinski definition) is 1. The van der Waals surface area contributed by atoms with Crippen LogP contribution in [0.25, 0.3) is 0 Å². The molecule has 25 heavy (non-hydrogen) atoms. The zero-order valence-corrected chi connectivity index (χ0v) is 15.1. The van der Waals surface area contributed by atoms with Crippen LogP contribution in [0.15, 0.2) is 77.5 Å². The molecule has 6 heteroatoms. The van der Waals surface area contributed by atoms with E-state index >= 15 is 0 Å². The van der Waals surface area contributed by atoms with Gasteiger partial charge in [-0.2, -0.15) is 0 Å². The number of urea groups is 1. The van der Waals surface area contributed by atoms with Crippen LogP contribution in [-0.4, -0.2) is 20.9 Å². The van der Waals surface area contributed by atoms with E-state index in [9.17, 15) is 4.79 Å². The molecule has 0 unspecified atom stereocenters. The van der Waals surface area contributed by atoms with Gasteiger partial charge in [0.1, 0.15) is 0 Å². The molecule has 0 atom stereocenters. The lowest BCUT2D eigenvalue weighted by Gasteiger charge is -2.23. The van der Waals surface area contributed by atoms with Crippen LogP contribution in [0.5, 0.6) is 0 Å². The summed E-state index contributed by atoms with van der Waals surface area (Å²) in [6.45, 7) is 0.793. The Hall–Kier alpha value is -2.73. The molecule has 0 saturated heterocycles. The highest BCUT2D eigenvalue weighted by Gasteiger charge is 2.16. The fraction of sp³-hybridized carbons (Fsp3) is 0.105. The molecule has 2 amide bonds. The predicted octanol–water partition coefficient (Wildman–Crippen LogP) is 4.47. The van der Waals surface area contributed by atoms with Crippen LogP contribution < -0.4 is 5.32 Å². The molecule has 0 aliphatic heterocycles. The van der Waals surface area contributed by atoms with Crippen molar-refractivity contribution < 1.29 is 4.79 Å². The van der Waals surface area contributed by atoms with Gasteiger partial charge < -0.3 is 10.2 Å². The fourth-order valence-corrected chi connectivity index (χ4v) is 2.71. The molecule has 0 saturated carbocycles. The van der Waals surface area contributed by atoms with Gasteiger partial charge in [0.15, 0.2) is 0 Å². The van der Waals surface area contributed by atoms with Crippen molar-refractivity contribution in [3.63, 3.8) is 0 Å². The Bertz CT molecular complexity index is 786. The number of nitrogens with zero attached hydrogens (tertiary/aromatic N) is 3. The van der Waals surface area contributed by atoms with Gasteiger partial charge in [0.05, 0.1) is 30.2 Å². The zero-order valence-electron chi connectivity index (χ0n) is 13.5. The lowest BCUT2D eigenvalue weighted by molar-refractivity contribution is 0.205. The number of anilines is 1. The number of carbonyl (C=O) groups is 1. The van der Waals surface area contributed by atoms with E-state index < -0.39 is 0 Å². The molecule has 3 rings (SSSR count). The van der Waals surface area contributed by atoms with E-state index in [1.807, 2.05) is 60.7 Å². The summed E-state index contributed by atoms with van der Waals surface area (Å²) in [5, 5.41) is 2.94. The summed E-state index contributed by atoms with van der Waals surface area (Å²) < 4.78 is 0.832. The van der Waals surface area contributed by atoms with Crippen molar-refractivity contribution >= 4 is 27.6 Å². The molecule has 0 bridgehead atoms. The van der Waals surface area contributed by atoms with Crippen LogP contribution in [0.4, 0.5) is 10.5 Å². The molecular formula is C19H17BrN4O. The van der Waals surface area contributed by atoms with Gasteiger partial charge in [0.2, 0.25) is 0 Å². The molecule has 0 aliphatic rings. The first-order valence-corrected chi connectivity index (χ1v) is 8.62. The summed E-state index contributed by atoms with van der Waals surface area (Å²) in [7, 11) is 0. The third-order valence-corrected chi connectivity index (χ3v) is 4.25. The number of pyridine rings is 2. The second kappa shape index (κ2) is 8.39. The highest BCUT2D eigenvalue weighted by molar-refractivity contribution is 9.10. The maximum atomic E-state index is 12.8. The standard InChI is InChI=1S/C19H17BrN4O/c20-17-9-1-2-10-18(17)23-19(25)24(13-15-7-3-5-11-21-15)14-16-8-4-6-12-22-16/h1-12H,13-14H2,(H,23,25). The van der Waals surface area contributed by atoms with Crippen LogP contribution >= 0.6 is 15.9 Å². The van der Waals surface area contributed by atoms with Gasteiger partial charge in [-0.15, -0.1) is 0 Å². The zero-order chi connectivity index (χ0) is 17.5. The van der Waals surface area contributed by atoms with Crippen molar-refractivity contribution in [2.24, 2.45) is 0 Å². The molecule has 0 spiro atoms. The molecule has 2 aromatic heterocycles. The first-order valence-electron chi connectivity index (χ1n) is 7.82. The van der Waals surface area contributed by atoms with E-state index in [-0.39, 0.29) is 6.03 Å². The summed E-state index contributed by atoms with van der Waals surface area (Å²) >= 11 is 3.45. The average molecular weight is 397 g/mol. The van der Waals surface area contributed by atoms with Crippen LogP contribution in [0.1, 0.15) is 11.4 Å². The molecule has 1 N–H and O–H groups in total. The topological polar surface area (TPSA) is 58.1 Å².